The molecule has 2 aliphatic rings. The molecule has 0 bridgehead atoms. The Hall–Kier alpha value is -1.04. The van der Waals surface area contributed by atoms with Gasteiger partial charge in [-0.1, -0.05) is 17.7 Å². The Morgan fingerprint density at radius 1 is 1.50 bits per heavy atom. The van der Waals surface area contributed by atoms with E-state index in [1.807, 2.05) is 0 Å². The van der Waals surface area contributed by atoms with Gasteiger partial charge in [-0.15, -0.1) is 0 Å². The lowest BCUT2D eigenvalue weighted by Gasteiger charge is -2.18. The second-order valence-corrected chi connectivity index (χ2v) is 4.36. The molecule has 0 radical (unpaired) electrons. The summed E-state index contributed by atoms with van der Waals surface area (Å²) in [7, 11) is 0. The lowest BCUT2D eigenvalue weighted by atomic mass is 9.98. The molecule has 0 heterocycles. The fourth-order valence-electron chi connectivity index (χ4n) is 1.67. The quantitative estimate of drug-likeness (QED) is 0.431. The van der Waals surface area contributed by atoms with Gasteiger partial charge in [0, 0.05) is 12.5 Å². The highest BCUT2D eigenvalue weighted by molar-refractivity contribution is 6.32. The summed E-state index contributed by atoms with van der Waals surface area (Å²) in [4.78, 5) is 9.27. The Bertz CT molecular complexity index is 421. The second-order valence-electron chi connectivity index (χ2n) is 3.95. The fraction of sp³-hybridized carbons (Fsp3) is 0.556. The van der Waals surface area contributed by atoms with Crippen LogP contribution in [0, 0.1) is 16.0 Å². The first-order valence-electron chi connectivity index (χ1n) is 4.56. The van der Waals surface area contributed by atoms with Gasteiger partial charge in [-0.05, 0) is 5.57 Å². The fourth-order valence-corrected chi connectivity index (χ4v) is 2.05. The summed E-state index contributed by atoms with van der Waals surface area (Å²) < 4.78 is 39.0. The van der Waals surface area contributed by atoms with Gasteiger partial charge in [-0.3, -0.25) is 10.1 Å². The summed E-state index contributed by atoms with van der Waals surface area (Å²) in [6.07, 6.45) is 0.799. The van der Waals surface area contributed by atoms with Crippen LogP contribution >= 0.6 is 11.6 Å². The molecule has 2 unspecified atom stereocenters. The van der Waals surface area contributed by atoms with Gasteiger partial charge < -0.3 is 0 Å². The van der Waals surface area contributed by atoms with Crippen LogP contribution in [0.25, 0.3) is 0 Å². The molecule has 0 aromatic rings. The van der Waals surface area contributed by atoms with Gasteiger partial charge >= 0.3 is 5.79 Å². The van der Waals surface area contributed by atoms with E-state index in [1.54, 1.807) is 0 Å². The number of rotatable bonds is 2. The maximum absolute atomic E-state index is 13.5. The molecule has 3 nitrogen and oxygen atoms in total. The molecule has 1 fully saturated rings. The Morgan fingerprint density at radius 3 is 2.44 bits per heavy atom. The first-order valence-corrected chi connectivity index (χ1v) is 4.94. The van der Waals surface area contributed by atoms with Crippen molar-refractivity contribution in [3.63, 3.8) is 0 Å². The number of nitrogens with zero attached hydrogens (tertiary/aromatic N) is 1. The lowest BCUT2D eigenvalue weighted by molar-refractivity contribution is -0.588. The van der Waals surface area contributed by atoms with Crippen molar-refractivity contribution in [2.75, 3.05) is 0 Å². The van der Waals surface area contributed by atoms with E-state index in [-0.39, 0.29) is 17.0 Å². The number of hydrogen-bond donors (Lipinski definition) is 0. The lowest BCUT2D eigenvalue weighted by Crippen LogP contribution is -2.32. The molecule has 0 aromatic heterocycles. The van der Waals surface area contributed by atoms with Gasteiger partial charge in [0.2, 0.25) is 0 Å². The van der Waals surface area contributed by atoms with E-state index in [2.05, 4.69) is 0 Å². The Morgan fingerprint density at radius 2 is 2.06 bits per heavy atom. The van der Waals surface area contributed by atoms with Gasteiger partial charge in [0.1, 0.15) is 0 Å². The van der Waals surface area contributed by atoms with Crippen molar-refractivity contribution >= 4 is 11.6 Å². The van der Waals surface area contributed by atoms with Crippen LogP contribution in [0.15, 0.2) is 22.8 Å². The topological polar surface area (TPSA) is 43.1 Å². The molecule has 88 valence electrons. The number of alkyl halides is 3. The zero-order valence-corrected chi connectivity index (χ0v) is 8.68. The summed E-state index contributed by atoms with van der Waals surface area (Å²) >= 11 is 5.59. The molecule has 0 aliphatic heterocycles. The van der Waals surface area contributed by atoms with Crippen molar-refractivity contribution in [1.82, 2.24) is 0 Å². The summed E-state index contributed by atoms with van der Waals surface area (Å²) in [6, 6.07) is 0. The summed E-state index contributed by atoms with van der Waals surface area (Å²) in [5.41, 5.74) is 0.113. The average molecular weight is 254 g/mol. The van der Waals surface area contributed by atoms with Crippen LogP contribution in [-0.2, 0) is 0 Å². The molecule has 0 spiro atoms. The number of nitro groups is 1. The monoisotopic (exact) mass is 253 g/mol. The third kappa shape index (κ3) is 1.71. The minimum absolute atomic E-state index is 0.113. The Kier molecular flexibility index (Phi) is 2.31. The highest BCUT2D eigenvalue weighted by Gasteiger charge is 2.60. The van der Waals surface area contributed by atoms with E-state index >= 15 is 0 Å². The van der Waals surface area contributed by atoms with E-state index < -0.39 is 29.0 Å². The van der Waals surface area contributed by atoms with E-state index in [4.69, 9.17) is 11.6 Å². The molecule has 7 heteroatoms. The Balaban J connectivity index is 2.21. The SMILES string of the molecule is O=[N+]([O-])C1(F)C=C(Cl)C(C2CC2(F)F)=CC1. The van der Waals surface area contributed by atoms with E-state index in [9.17, 15) is 23.3 Å². The largest absolute Gasteiger partial charge is 0.383 e. The minimum atomic E-state index is -2.81. The van der Waals surface area contributed by atoms with Crippen LogP contribution in [0.2, 0.25) is 0 Å². The number of hydrogen-bond acceptors (Lipinski definition) is 2. The first kappa shape index (κ1) is 11.4. The smallest absolute Gasteiger partial charge is 0.261 e. The summed E-state index contributed by atoms with van der Waals surface area (Å²) in [5.74, 6) is -6.61. The standard InChI is InChI=1S/C9H7ClF3NO2/c10-7-4-8(11,14(15)16)2-1-5(7)6-3-9(6,12)13/h1,4,6H,2-3H2. The van der Waals surface area contributed by atoms with Crippen molar-refractivity contribution in [3.8, 4) is 0 Å². The van der Waals surface area contributed by atoms with Crippen LogP contribution in [0.3, 0.4) is 0 Å². The second kappa shape index (κ2) is 3.23. The van der Waals surface area contributed by atoms with Crippen molar-refractivity contribution in [3.05, 3.63) is 32.9 Å². The van der Waals surface area contributed by atoms with Crippen molar-refractivity contribution in [2.24, 2.45) is 5.92 Å². The van der Waals surface area contributed by atoms with Gasteiger partial charge in [0.05, 0.1) is 22.3 Å². The highest BCUT2D eigenvalue weighted by atomic mass is 35.5. The maximum atomic E-state index is 13.5. The van der Waals surface area contributed by atoms with Crippen LogP contribution in [-0.4, -0.2) is 16.6 Å². The van der Waals surface area contributed by atoms with Crippen molar-refractivity contribution in [2.45, 2.75) is 24.6 Å². The van der Waals surface area contributed by atoms with E-state index in [0.717, 1.165) is 6.08 Å². The third-order valence-corrected chi connectivity index (χ3v) is 3.06. The zero-order valence-electron chi connectivity index (χ0n) is 7.92. The summed E-state index contributed by atoms with van der Waals surface area (Å²) in [6.45, 7) is 0. The van der Waals surface area contributed by atoms with Gasteiger partial charge in [0.15, 0.2) is 0 Å². The molecule has 2 rings (SSSR count). The van der Waals surface area contributed by atoms with Crippen molar-refractivity contribution in [1.29, 1.82) is 0 Å². The molecular weight excluding hydrogens is 247 g/mol. The van der Waals surface area contributed by atoms with Crippen LogP contribution in [0.1, 0.15) is 12.8 Å². The third-order valence-electron chi connectivity index (χ3n) is 2.74. The molecule has 0 aromatic carbocycles. The van der Waals surface area contributed by atoms with Gasteiger partial charge in [-0.25, -0.2) is 8.78 Å². The predicted octanol–water partition coefficient (Wildman–Crippen LogP) is 3.04. The molecule has 16 heavy (non-hydrogen) atoms. The maximum Gasteiger partial charge on any atom is 0.383 e. The number of allylic oxidation sites excluding steroid dienone is 2. The summed E-state index contributed by atoms with van der Waals surface area (Å²) in [5, 5.41) is 10.1. The zero-order chi connectivity index (χ0) is 12.1. The molecule has 2 aliphatic carbocycles. The molecule has 2 atom stereocenters. The van der Waals surface area contributed by atoms with Crippen LogP contribution in [0.4, 0.5) is 13.2 Å². The predicted molar refractivity (Wildman–Crippen MR) is 50.5 cm³/mol. The van der Waals surface area contributed by atoms with Crippen LogP contribution < -0.4 is 0 Å². The average Bonchev–Trinajstić information content (AvgIpc) is 2.74. The molecule has 1 saturated carbocycles. The molecule has 0 amide bonds. The van der Waals surface area contributed by atoms with Gasteiger partial charge in [0.25, 0.3) is 5.92 Å². The Labute approximate surface area is 93.7 Å². The van der Waals surface area contributed by atoms with Crippen LogP contribution in [0.5, 0.6) is 0 Å². The minimum Gasteiger partial charge on any atom is -0.261 e. The normalized spacial score (nSPS) is 36.4. The van der Waals surface area contributed by atoms with Gasteiger partial charge in [-0.2, -0.15) is 4.39 Å². The van der Waals surface area contributed by atoms with Crippen molar-refractivity contribution < 1.29 is 18.1 Å². The molecular formula is C9H7ClF3NO2. The van der Waals surface area contributed by atoms with E-state index in [1.165, 1.54) is 0 Å². The van der Waals surface area contributed by atoms with E-state index in [0.29, 0.717) is 6.08 Å². The number of halogens is 4. The molecule has 0 saturated heterocycles. The molecule has 0 N–H and O–H groups in total. The first-order chi connectivity index (χ1) is 7.26. The highest BCUT2D eigenvalue weighted by Crippen LogP contribution is 2.56.